The molecule has 0 amide bonds. The maximum Gasteiger partial charge on any atom is 0.357 e. The van der Waals surface area contributed by atoms with Crippen LogP contribution in [0.5, 0.6) is 0 Å². The van der Waals surface area contributed by atoms with Crippen molar-refractivity contribution in [3.8, 4) is 0 Å². The van der Waals surface area contributed by atoms with Crippen molar-refractivity contribution in [2.75, 3.05) is 14.2 Å². The van der Waals surface area contributed by atoms with Crippen LogP contribution in [0.25, 0.3) is 0 Å². The number of hydrogen-bond donors (Lipinski definition) is 1. The molecule has 0 fully saturated rings. The van der Waals surface area contributed by atoms with E-state index < -0.39 is 18.0 Å². The first-order chi connectivity index (χ1) is 7.99. The lowest BCUT2D eigenvalue weighted by atomic mass is 10.2. The van der Waals surface area contributed by atoms with Gasteiger partial charge in [0.2, 0.25) is 0 Å². The zero-order valence-electron chi connectivity index (χ0n) is 9.85. The summed E-state index contributed by atoms with van der Waals surface area (Å²) in [6.07, 6.45) is 0.0318. The maximum atomic E-state index is 11.3. The lowest BCUT2D eigenvalue weighted by Gasteiger charge is -2.05. The molecule has 0 spiro atoms. The van der Waals surface area contributed by atoms with E-state index in [9.17, 15) is 9.59 Å². The summed E-state index contributed by atoms with van der Waals surface area (Å²) in [7, 11) is 2.58. The molecule has 0 aliphatic rings. The van der Waals surface area contributed by atoms with Gasteiger partial charge >= 0.3 is 11.9 Å². The van der Waals surface area contributed by atoms with Gasteiger partial charge in [-0.25, -0.2) is 9.78 Å². The lowest BCUT2D eigenvalue weighted by Crippen LogP contribution is -2.16. The van der Waals surface area contributed by atoms with Crippen molar-refractivity contribution in [2.24, 2.45) is 5.73 Å². The van der Waals surface area contributed by atoms with Gasteiger partial charge in [0.15, 0.2) is 5.69 Å². The maximum absolute atomic E-state index is 11.3. The van der Waals surface area contributed by atoms with Crippen molar-refractivity contribution < 1.29 is 19.1 Å². The lowest BCUT2D eigenvalue weighted by molar-refractivity contribution is -0.141. The van der Waals surface area contributed by atoms with Gasteiger partial charge in [0.05, 0.1) is 26.7 Å². The summed E-state index contributed by atoms with van der Waals surface area (Å²) >= 11 is 1.27. The Morgan fingerprint density at radius 3 is 2.59 bits per heavy atom. The Morgan fingerprint density at radius 2 is 2.06 bits per heavy atom. The first-order valence-electron chi connectivity index (χ1n) is 4.87. The van der Waals surface area contributed by atoms with Crippen LogP contribution >= 0.6 is 11.3 Å². The fraction of sp³-hybridized carbons (Fsp3) is 0.500. The molecular formula is C10H14N2O4S. The van der Waals surface area contributed by atoms with Gasteiger partial charge in [0.1, 0.15) is 5.01 Å². The van der Waals surface area contributed by atoms with Gasteiger partial charge in [0, 0.05) is 4.88 Å². The Labute approximate surface area is 103 Å². The molecule has 6 nitrogen and oxygen atoms in total. The number of carbonyl (C=O) groups excluding carboxylic acids is 2. The van der Waals surface area contributed by atoms with E-state index in [4.69, 9.17) is 5.73 Å². The highest BCUT2D eigenvalue weighted by atomic mass is 32.1. The average molecular weight is 258 g/mol. The molecular weight excluding hydrogens is 244 g/mol. The predicted molar refractivity (Wildman–Crippen MR) is 61.8 cm³/mol. The van der Waals surface area contributed by atoms with E-state index in [-0.39, 0.29) is 12.1 Å². The van der Waals surface area contributed by atoms with Crippen LogP contribution in [0.3, 0.4) is 0 Å². The number of aryl methyl sites for hydroxylation is 1. The summed E-state index contributed by atoms with van der Waals surface area (Å²) in [6.45, 7) is 1.75. The second-order valence-corrected chi connectivity index (χ2v) is 4.57. The number of rotatable bonds is 4. The summed E-state index contributed by atoms with van der Waals surface area (Å²) in [4.78, 5) is 27.2. The number of ether oxygens (including phenoxy) is 2. The van der Waals surface area contributed by atoms with E-state index >= 15 is 0 Å². The van der Waals surface area contributed by atoms with Crippen LogP contribution in [0.15, 0.2) is 0 Å². The Kier molecular flexibility index (Phi) is 4.59. The molecule has 1 aromatic heterocycles. The van der Waals surface area contributed by atoms with E-state index in [0.29, 0.717) is 9.88 Å². The quantitative estimate of drug-likeness (QED) is 0.803. The second-order valence-electron chi connectivity index (χ2n) is 3.34. The molecule has 0 bridgehead atoms. The standard InChI is InChI=1S/C10H14N2O4S/c1-5-8(10(14)16-3)12-9(17-5)6(11)4-7(13)15-2/h6H,4,11H2,1-3H3. The fourth-order valence-corrected chi connectivity index (χ4v) is 2.12. The molecule has 0 saturated heterocycles. The minimum absolute atomic E-state index is 0.0318. The van der Waals surface area contributed by atoms with E-state index in [1.165, 1.54) is 25.6 Å². The van der Waals surface area contributed by atoms with Gasteiger partial charge in [-0.2, -0.15) is 0 Å². The Hall–Kier alpha value is -1.47. The van der Waals surface area contributed by atoms with E-state index in [2.05, 4.69) is 14.5 Å². The zero-order chi connectivity index (χ0) is 13.0. The van der Waals surface area contributed by atoms with Crippen molar-refractivity contribution in [1.82, 2.24) is 4.98 Å². The number of carbonyl (C=O) groups is 2. The van der Waals surface area contributed by atoms with Gasteiger partial charge in [-0.1, -0.05) is 0 Å². The van der Waals surface area contributed by atoms with Crippen LogP contribution in [0.4, 0.5) is 0 Å². The molecule has 17 heavy (non-hydrogen) atoms. The molecule has 2 N–H and O–H groups in total. The van der Waals surface area contributed by atoms with Crippen LogP contribution in [-0.4, -0.2) is 31.1 Å². The van der Waals surface area contributed by atoms with E-state index in [0.717, 1.165) is 0 Å². The number of esters is 2. The predicted octanol–water partition coefficient (Wildman–Crippen LogP) is 0.801. The molecule has 0 aliphatic carbocycles. The minimum Gasteiger partial charge on any atom is -0.469 e. The largest absolute Gasteiger partial charge is 0.469 e. The van der Waals surface area contributed by atoms with Gasteiger partial charge in [-0.15, -0.1) is 11.3 Å². The topological polar surface area (TPSA) is 91.5 Å². The monoisotopic (exact) mass is 258 g/mol. The molecule has 7 heteroatoms. The van der Waals surface area contributed by atoms with Crippen LogP contribution in [0.2, 0.25) is 0 Å². The van der Waals surface area contributed by atoms with Crippen molar-refractivity contribution in [3.05, 3.63) is 15.6 Å². The molecule has 1 unspecified atom stereocenters. The molecule has 94 valence electrons. The Bertz CT molecular complexity index is 430. The number of aromatic nitrogens is 1. The number of thiazole rings is 1. The van der Waals surface area contributed by atoms with Crippen molar-refractivity contribution in [2.45, 2.75) is 19.4 Å². The Balaban J connectivity index is 2.85. The number of hydrogen-bond acceptors (Lipinski definition) is 7. The molecule has 0 radical (unpaired) electrons. The molecule has 1 aromatic rings. The molecule has 1 atom stereocenters. The third-order valence-corrected chi connectivity index (χ3v) is 3.23. The SMILES string of the molecule is COC(=O)CC(N)c1nc(C(=O)OC)c(C)s1. The smallest absolute Gasteiger partial charge is 0.357 e. The van der Waals surface area contributed by atoms with Gasteiger partial charge in [-0.3, -0.25) is 4.79 Å². The van der Waals surface area contributed by atoms with Gasteiger partial charge in [-0.05, 0) is 6.92 Å². The first-order valence-corrected chi connectivity index (χ1v) is 5.69. The molecule has 0 aliphatic heterocycles. The number of nitrogens with zero attached hydrogens (tertiary/aromatic N) is 1. The van der Waals surface area contributed by atoms with Gasteiger partial charge in [0.25, 0.3) is 0 Å². The minimum atomic E-state index is -0.565. The Morgan fingerprint density at radius 1 is 1.41 bits per heavy atom. The molecule has 0 saturated carbocycles. The van der Waals surface area contributed by atoms with Crippen LogP contribution in [0.1, 0.15) is 32.8 Å². The van der Waals surface area contributed by atoms with E-state index in [1.54, 1.807) is 6.92 Å². The van der Waals surface area contributed by atoms with Crippen LogP contribution in [0, 0.1) is 6.92 Å². The fourth-order valence-electron chi connectivity index (χ4n) is 1.21. The zero-order valence-corrected chi connectivity index (χ0v) is 10.7. The summed E-state index contributed by atoms with van der Waals surface area (Å²) in [5, 5.41) is 0.522. The summed E-state index contributed by atoms with van der Waals surface area (Å²) in [5.74, 6) is -0.916. The number of nitrogens with two attached hydrogens (primary N) is 1. The molecule has 1 heterocycles. The molecule has 0 aromatic carbocycles. The third-order valence-electron chi connectivity index (χ3n) is 2.12. The normalized spacial score (nSPS) is 12.0. The highest BCUT2D eigenvalue weighted by molar-refractivity contribution is 7.12. The summed E-state index contributed by atoms with van der Waals surface area (Å²) in [6, 6.07) is -0.565. The van der Waals surface area contributed by atoms with Gasteiger partial charge < -0.3 is 15.2 Å². The van der Waals surface area contributed by atoms with Crippen molar-refractivity contribution in [3.63, 3.8) is 0 Å². The highest BCUT2D eigenvalue weighted by Gasteiger charge is 2.21. The number of methoxy groups -OCH3 is 2. The third kappa shape index (κ3) is 3.24. The van der Waals surface area contributed by atoms with E-state index in [1.807, 2.05) is 0 Å². The van der Waals surface area contributed by atoms with Crippen LogP contribution < -0.4 is 5.73 Å². The van der Waals surface area contributed by atoms with Crippen molar-refractivity contribution in [1.29, 1.82) is 0 Å². The van der Waals surface area contributed by atoms with Crippen LogP contribution in [-0.2, 0) is 14.3 Å². The highest BCUT2D eigenvalue weighted by Crippen LogP contribution is 2.24. The summed E-state index contributed by atoms with van der Waals surface area (Å²) in [5.41, 5.74) is 6.03. The molecule has 1 rings (SSSR count). The second kappa shape index (κ2) is 5.74. The average Bonchev–Trinajstić information content (AvgIpc) is 2.70. The van der Waals surface area contributed by atoms with Crippen molar-refractivity contribution >= 4 is 23.3 Å². The summed E-state index contributed by atoms with van der Waals surface area (Å²) < 4.78 is 9.10. The first kappa shape index (κ1) is 13.6.